The second kappa shape index (κ2) is 6.98. The second-order valence-electron chi connectivity index (χ2n) is 5.99. The molecule has 1 aliphatic heterocycles. The minimum absolute atomic E-state index is 0.288. The van der Waals surface area contributed by atoms with Crippen LogP contribution in [0.15, 0.2) is 12.1 Å². The van der Waals surface area contributed by atoms with E-state index in [1.165, 1.54) is 12.5 Å². The molecule has 0 aromatic heterocycles. The lowest BCUT2D eigenvalue weighted by atomic mass is 10.1. The molecule has 1 heterocycles. The van der Waals surface area contributed by atoms with Crippen molar-refractivity contribution in [1.82, 2.24) is 4.90 Å². The number of halogens is 1. The van der Waals surface area contributed by atoms with E-state index in [2.05, 4.69) is 16.8 Å². The summed E-state index contributed by atoms with van der Waals surface area (Å²) in [5.41, 5.74) is 7.28. The first kappa shape index (κ1) is 15.9. The molecule has 0 amide bonds. The zero-order valence-electron chi connectivity index (χ0n) is 13.2. The van der Waals surface area contributed by atoms with Crippen LogP contribution < -0.4 is 15.4 Å². The number of hydrogen-bond acceptors (Lipinski definition) is 4. The summed E-state index contributed by atoms with van der Waals surface area (Å²) >= 11 is 0. The second-order valence-corrected chi connectivity index (χ2v) is 5.99. The smallest absolute Gasteiger partial charge is 0.167 e. The number of nitrogens with two attached hydrogens (primary N) is 1. The molecule has 1 saturated heterocycles. The van der Waals surface area contributed by atoms with Gasteiger partial charge < -0.3 is 20.3 Å². The molecule has 0 spiro atoms. The highest BCUT2D eigenvalue weighted by Crippen LogP contribution is 2.31. The SMILES string of the molecule is CCCOc1cc(N(C)CC2CCN(C)C2)c(N)cc1F. The van der Waals surface area contributed by atoms with E-state index in [-0.39, 0.29) is 5.75 Å². The summed E-state index contributed by atoms with van der Waals surface area (Å²) in [6, 6.07) is 3.08. The van der Waals surface area contributed by atoms with Crippen LogP contribution in [-0.2, 0) is 0 Å². The van der Waals surface area contributed by atoms with Gasteiger partial charge >= 0.3 is 0 Å². The van der Waals surface area contributed by atoms with Crippen LogP contribution in [0.1, 0.15) is 19.8 Å². The zero-order valence-corrected chi connectivity index (χ0v) is 13.2. The van der Waals surface area contributed by atoms with E-state index in [1.54, 1.807) is 6.07 Å². The maximum Gasteiger partial charge on any atom is 0.167 e. The molecular formula is C16H26FN3O. The van der Waals surface area contributed by atoms with Gasteiger partial charge in [0.25, 0.3) is 0 Å². The minimum Gasteiger partial charge on any atom is -0.490 e. The van der Waals surface area contributed by atoms with Crippen LogP contribution in [0.2, 0.25) is 0 Å². The van der Waals surface area contributed by atoms with E-state index < -0.39 is 5.82 Å². The molecule has 1 atom stereocenters. The van der Waals surface area contributed by atoms with Crippen LogP contribution in [0.5, 0.6) is 5.75 Å². The molecular weight excluding hydrogens is 269 g/mol. The van der Waals surface area contributed by atoms with Gasteiger partial charge in [0.05, 0.1) is 18.0 Å². The average Bonchev–Trinajstić information content (AvgIpc) is 2.83. The quantitative estimate of drug-likeness (QED) is 0.819. The summed E-state index contributed by atoms with van der Waals surface area (Å²) in [6.45, 7) is 5.68. The van der Waals surface area contributed by atoms with Gasteiger partial charge in [-0.05, 0) is 32.4 Å². The molecule has 5 heteroatoms. The van der Waals surface area contributed by atoms with Gasteiger partial charge in [0.15, 0.2) is 11.6 Å². The topological polar surface area (TPSA) is 41.7 Å². The Morgan fingerprint density at radius 1 is 1.48 bits per heavy atom. The number of rotatable bonds is 6. The number of ether oxygens (including phenoxy) is 1. The minimum atomic E-state index is -0.390. The number of likely N-dealkylation sites (tertiary alicyclic amines) is 1. The Balaban J connectivity index is 2.09. The Morgan fingerprint density at radius 3 is 2.86 bits per heavy atom. The summed E-state index contributed by atoms with van der Waals surface area (Å²) in [5, 5.41) is 0. The fourth-order valence-corrected chi connectivity index (χ4v) is 2.87. The first-order valence-electron chi connectivity index (χ1n) is 7.62. The Bertz CT molecular complexity index is 481. The molecule has 1 aromatic rings. The van der Waals surface area contributed by atoms with Crippen LogP contribution in [0.4, 0.5) is 15.8 Å². The third-order valence-electron chi connectivity index (χ3n) is 3.98. The molecule has 21 heavy (non-hydrogen) atoms. The van der Waals surface area contributed by atoms with Gasteiger partial charge in [-0.15, -0.1) is 0 Å². The molecule has 0 aliphatic carbocycles. The predicted molar refractivity (Wildman–Crippen MR) is 85.5 cm³/mol. The van der Waals surface area contributed by atoms with Crippen molar-refractivity contribution < 1.29 is 9.13 Å². The van der Waals surface area contributed by atoms with Crippen molar-refractivity contribution in [3.63, 3.8) is 0 Å². The summed E-state index contributed by atoms with van der Waals surface area (Å²) < 4.78 is 19.3. The van der Waals surface area contributed by atoms with Gasteiger partial charge in [0, 0.05) is 32.3 Å². The summed E-state index contributed by atoms with van der Waals surface area (Å²) in [4.78, 5) is 4.44. The largest absolute Gasteiger partial charge is 0.490 e. The first-order valence-corrected chi connectivity index (χ1v) is 7.62. The lowest BCUT2D eigenvalue weighted by Gasteiger charge is -2.25. The van der Waals surface area contributed by atoms with Crippen LogP contribution in [0.3, 0.4) is 0 Å². The molecule has 1 aromatic carbocycles. The molecule has 4 nitrogen and oxygen atoms in total. The molecule has 0 saturated carbocycles. The zero-order chi connectivity index (χ0) is 15.4. The van der Waals surface area contributed by atoms with E-state index in [4.69, 9.17) is 10.5 Å². The predicted octanol–water partition coefficient (Wildman–Crippen LogP) is 2.58. The molecule has 118 valence electrons. The van der Waals surface area contributed by atoms with Gasteiger partial charge in [-0.1, -0.05) is 6.92 Å². The van der Waals surface area contributed by atoms with Crippen LogP contribution in [-0.4, -0.2) is 45.2 Å². The highest BCUT2D eigenvalue weighted by Gasteiger charge is 2.22. The summed E-state index contributed by atoms with van der Waals surface area (Å²) in [6.07, 6.45) is 2.05. The number of nitrogen functional groups attached to an aromatic ring is 1. The van der Waals surface area contributed by atoms with Crippen molar-refractivity contribution in [3.05, 3.63) is 17.9 Å². The summed E-state index contributed by atoms with van der Waals surface area (Å²) in [5.74, 6) is 0.527. The molecule has 1 fully saturated rings. The standard InChI is InChI=1S/C16H26FN3O/c1-4-7-21-16-9-15(14(18)8-13(16)17)20(3)11-12-5-6-19(2)10-12/h8-9,12H,4-7,10-11,18H2,1-3H3. The Kier molecular flexibility index (Phi) is 5.28. The van der Waals surface area contributed by atoms with Crippen LogP contribution >= 0.6 is 0 Å². The van der Waals surface area contributed by atoms with Crippen molar-refractivity contribution in [2.45, 2.75) is 19.8 Å². The van der Waals surface area contributed by atoms with Gasteiger partial charge in [0.1, 0.15) is 0 Å². The fraction of sp³-hybridized carbons (Fsp3) is 0.625. The van der Waals surface area contributed by atoms with Crippen LogP contribution in [0.25, 0.3) is 0 Å². The van der Waals surface area contributed by atoms with Crippen LogP contribution in [0, 0.1) is 11.7 Å². The molecule has 1 unspecified atom stereocenters. The van der Waals surface area contributed by atoms with E-state index in [9.17, 15) is 4.39 Å². The van der Waals surface area contributed by atoms with Crippen molar-refractivity contribution >= 4 is 11.4 Å². The number of anilines is 2. The highest BCUT2D eigenvalue weighted by atomic mass is 19.1. The summed E-state index contributed by atoms with van der Waals surface area (Å²) in [7, 11) is 4.15. The molecule has 2 N–H and O–H groups in total. The molecule has 1 aliphatic rings. The van der Waals surface area contributed by atoms with E-state index >= 15 is 0 Å². The number of nitrogens with zero attached hydrogens (tertiary/aromatic N) is 2. The normalized spacial score (nSPS) is 19.0. The lowest BCUT2D eigenvalue weighted by Crippen LogP contribution is -2.27. The van der Waals surface area contributed by atoms with E-state index in [0.717, 1.165) is 31.7 Å². The molecule has 0 radical (unpaired) electrons. The van der Waals surface area contributed by atoms with Crippen molar-refractivity contribution in [1.29, 1.82) is 0 Å². The van der Waals surface area contributed by atoms with Gasteiger partial charge in [-0.25, -0.2) is 4.39 Å². The molecule has 0 bridgehead atoms. The van der Waals surface area contributed by atoms with Gasteiger partial charge in [-0.3, -0.25) is 0 Å². The fourth-order valence-electron chi connectivity index (χ4n) is 2.87. The third kappa shape index (κ3) is 4.00. The number of benzene rings is 1. The van der Waals surface area contributed by atoms with E-state index in [0.29, 0.717) is 18.2 Å². The Labute approximate surface area is 126 Å². The molecule has 2 rings (SSSR count). The average molecular weight is 295 g/mol. The monoisotopic (exact) mass is 295 g/mol. The maximum absolute atomic E-state index is 13.8. The number of hydrogen-bond donors (Lipinski definition) is 1. The van der Waals surface area contributed by atoms with Crippen molar-refractivity contribution in [2.75, 3.05) is 51.0 Å². The van der Waals surface area contributed by atoms with Gasteiger partial charge in [0.2, 0.25) is 0 Å². The van der Waals surface area contributed by atoms with Gasteiger partial charge in [-0.2, -0.15) is 0 Å². The lowest BCUT2D eigenvalue weighted by molar-refractivity contribution is 0.301. The Hall–Kier alpha value is -1.49. The van der Waals surface area contributed by atoms with Crippen molar-refractivity contribution in [3.8, 4) is 5.75 Å². The first-order chi connectivity index (χ1) is 10.0. The highest BCUT2D eigenvalue weighted by molar-refractivity contribution is 5.69. The van der Waals surface area contributed by atoms with Crippen molar-refractivity contribution in [2.24, 2.45) is 5.92 Å². The third-order valence-corrected chi connectivity index (χ3v) is 3.98. The maximum atomic E-state index is 13.8. The Morgan fingerprint density at radius 2 is 2.24 bits per heavy atom. The van der Waals surface area contributed by atoms with E-state index in [1.807, 2.05) is 14.0 Å².